The SMILES string of the molecule is C=CCSc1ccccc1C(=O)Nc1nnc(-c2ccccc2)s1. The Labute approximate surface area is 148 Å². The van der Waals surface area contributed by atoms with Crippen molar-refractivity contribution in [1.29, 1.82) is 0 Å². The molecule has 0 aliphatic rings. The summed E-state index contributed by atoms with van der Waals surface area (Å²) in [5, 5.41) is 12.3. The molecule has 1 aromatic heterocycles. The van der Waals surface area contributed by atoms with Gasteiger partial charge in [0.15, 0.2) is 0 Å². The first-order valence-electron chi connectivity index (χ1n) is 7.31. The van der Waals surface area contributed by atoms with Crippen LogP contribution in [-0.4, -0.2) is 21.9 Å². The molecule has 0 fully saturated rings. The molecule has 24 heavy (non-hydrogen) atoms. The number of hydrogen-bond acceptors (Lipinski definition) is 5. The van der Waals surface area contributed by atoms with Gasteiger partial charge in [0, 0.05) is 16.2 Å². The first-order chi connectivity index (χ1) is 11.8. The van der Waals surface area contributed by atoms with Crippen molar-refractivity contribution in [2.45, 2.75) is 4.90 Å². The Morgan fingerprint density at radius 2 is 1.88 bits per heavy atom. The average molecular weight is 353 g/mol. The van der Waals surface area contributed by atoms with Crippen LogP contribution in [0.1, 0.15) is 10.4 Å². The summed E-state index contributed by atoms with van der Waals surface area (Å²) in [6.45, 7) is 3.71. The summed E-state index contributed by atoms with van der Waals surface area (Å²) in [5.74, 6) is 0.569. The molecule has 0 aliphatic heterocycles. The van der Waals surface area contributed by atoms with E-state index in [0.29, 0.717) is 10.7 Å². The molecular weight excluding hydrogens is 338 g/mol. The Morgan fingerprint density at radius 3 is 2.67 bits per heavy atom. The smallest absolute Gasteiger partial charge is 0.258 e. The average Bonchev–Trinajstić information content (AvgIpc) is 3.09. The second-order valence-corrected chi connectivity index (χ2v) is 6.87. The van der Waals surface area contributed by atoms with Crippen LogP contribution >= 0.6 is 23.1 Å². The molecule has 3 aromatic rings. The molecule has 0 bridgehead atoms. The van der Waals surface area contributed by atoms with Gasteiger partial charge in [0.1, 0.15) is 5.01 Å². The first-order valence-corrected chi connectivity index (χ1v) is 9.11. The minimum absolute atomic E-state index is 0.182. The number of anilines is 1. The lowest BCUT2D eigenvalue weighted by Gasteiger charge is -2.07. The van der Waals surface area contributed by atoms with Gasteiger partial charge in [-0.3, -0.25) is 10.1 Å². The van der Waals surface area contributed by atoms with Gasteiger partial charge in [-0.25, -0.2) is 0 Å². The van der Waals surface area contributed by atoms with Crippen molar-refractivity contribution in [3.05, 3.63) is 72.8 Å². The fraction of sp³-hybridized carbons (Fsp3) is 0.0556. The van der Waals surface area contributed by atoms with Crippen molar-refractivity contribution in [2.75, 3.05) is 11.1 Å². The highest BCUT2D eigenvalue weighted by Crippen LogP contribution is 2.27. The largest absolute Gasteiger partial charge is 0.296 e. The summed E-state index contributed by atoms with van der Waals surface area (Å²) in [6.07, 6.45) is 1.82. The molecule has 120 valence electrons. The van der Waals surface area contributed by atoms with Gasteiger partial charge in [-0.2, -0.15) is 0 Å². The van der Waals surface area contributed by atoms with E-state index in [1.807, 2.05) is 54.6 Å². The molecule has 6 heteroatoms. The Bertz CT molecular complexity index is 846. The van der Waals surface area contributed by atoms with Crippen LogP contribution in [0.4, 0.5) is 5.13 Å². The Morgan fingerprint density at radius 1 is 1.12 bits per heavy atom. The number of nitrogens with zero attached hydrogens (tertiary/aromatic N) is 2. The third-order valence-electron chi connectivity index (χ3n) is 3.15. The van der Waals surface area contributed by atoms with E-state index in [-0.39, 0.29) is 5.91 Å². The summed E-state index contributed by atoms with van der Waals surface area (Å²) >= 11 is 2.93. The summed E-state index contributed by atoms with van der Waals surface area (Å²) in [6, 6.07) is 17.3. The maximum Gasteiger partial charge on any atom is 0.258 e. The number of amides is 1. The Hall–Kier alpha value is -2.44. The lowest BCUT2D eigenvalue weighted by Crippen LogP contribution is -2.12. The van der Waals surface area contributed by atoms with Crippen molar-refractivity contribution >= 4 is 34.1 Å². The standard InChI is InChI=1S/C18H15N3OS2/c1-2-12-23-15-11-7-6-10-14(15)16(22)19-18-21-20-17(24-18)13-8-4-3-5-9-13/h2-11H,1,12H2,(H,19,21,22). The topological polar surface area (TPSA) is 54.9 Å². The maximum atomic E-state index is 12.5. The monoisotopic (exact) mass is 353 g/mol. The van der Waals surface area contributed by atoms with Crippen LogP contribution < -0.4 is 5.32 Å². The Kier molecular flexibility index (Phi) is 5.40. The van der Waals surface area contributed by atoms with Crippen molar-refractivity contribution < 1.29 is 4.79 Å². The van der Waals surface area contributed by atoms with E-state index >= 15 is 0 Å². The highest BCUT2D eigenvalue weighted by molar-refractivity contribution is 7.99. The summed E-state index contributed by atoms with van der Waals surface area (Å²) in [4.78, 5) is 13.5. The van der Waals surface area contributed by atoms with Gasteiger partial charge in [0.05, 0.1) is 5.56 Å². The van der Waals surface area contributed by atoms with Crippen LogP contribution in [0.2, 0.25) is 0 Å². The van der Waals surface area contributed by atoms with Crippen LogP contribution in [0.15, 0.2) is 72.1 Å². The normalized spacial score (nSPS) is 10.3. The fourth-order valence-electron chi connectivity index (χ4n) is 2.06. The minimum atomic E-state index is -0.182. The van der Waals surface area contributed by atoms with Gasteiger partial charge in [-0.15, -0.1) is 28.5 Å². The molecule has 0 spiro atoms. The van der Waals surface area contributed by atoms with Gasteiger partial charge in [0.25, 0.3) is 5.91 Å². The molecule has 1 amide bonds. The predicted octanol–water partition coefficient (Wildman–Crippen LogP) is 4.74. The van der Waals surface area contributed by atoms with Crippen LogP contribution in [0.3, 0.4) is 0 Å². The van der Waals surface area contributed by atoms with Gasteiger partial charge >= 0.3 is 0 Å². The van der Waals surface area contributed by atoms with E-state index in [4.69, 9.17) is 0 Å². The van der Waals surface area contributed by atoms with Crippen LogP contribution in [0.5, 0.6) is 0 Å². The lowest BCUT2D eigenvalue weighted by atomic mass is 10.2. The van der Waals surface area contributed by atoms with Gasteiger partial charge in [0.2, 0.25) is 5.13 Å². The molecular formula is C18H15N3OS2. The Balaban J connectivity index is 1.76. The molecule has 1 N–H and O–H groups in total. The third-order valence-corrected chi connectivity index (χ3v) is 5.11. The quantitative estimate of drug-likeness (QED) is 0.514. The number of carbonyl (C=O) groups excluding carboxylic acids is 1. The van der Waals surface area contributed by atoms with Crippen molar-refractivity contribution in [3.63, 3.8) is 0 Å². The molecule has 0 unspecified atom stereocenters. The second-order valence-electron chi connectivity index (χ2n) is 4.83. The third kappa shape index (κ3) is 3.90. The number of aromatic nitrogens is 2. The molecule has 2 aromatic carbocycles. The van der Waals surface area contributed by atoms with Gasteiger partial charge in [-0.1, -0.05) is 59.9 Å². The maximum absolute atomic E-state index is 12.5. The fourth-order valence-corrected chi connectivity index (χ4v) is 3.60. The van der Waals surface area contributed by atoms with Gasteiger partial charge < -0.3 is 0 Å². The number of nitrogens with one attached hydrogen (secondary N) is 1. The summed E-state index contributed by atoms with van der Waals surface area (Å²) < 4.78 is 0. The van der Waals surface area contributed by atoms with Crippen molar-refractivity contribution in [3.8, 4) is 10.6 Å². The second kappa shape index (κ2) is 7.90. The van der Waals surface area contributed by atoms with Gasteiger partial charge in [-0.05, 0) is 12.1 Å². The number of thioether (sulfide) groups is 1. The summed E-state index contributed by atoms with van der Waals surface area (Å²) in [7, 11) is 0. The van der Waals surface area contributed by atoms with E-state index in [1.165, 1.54) is 11.3 Å². The number of benzene rings is 2. The van der Waals surface area contributed by atoms with Crippen molar-refractivity contribution in [2.24, 2.45) is 0 Å². The number of rotatable bonds is 6. The molecule has 1 heterocycles. The van der Waals surface area contributed by atoms with Crippen LogP contribution in [0.25, 0.3) is 10.6 Å². The number of carbonyl (C=O) groups is 1. The molecule has 3 rings (SSSR count). The highest BCUT2D eigenvalue weighted by atomic mass is 32.2. The minimum Gasteiger partial charge on any atom is -0.296 e. The summed E-state index contributed by atoms with van der Waals surface area (Å²) in [5.41, 5.74) is 1.61. The zero-order chi connectivity index (χ0) is 16.8. The number of hydrogen-bond donors (Lipinski definition) is 1. The molecule has 4 nitrogen and oxygen atoms in total. The molecule has 0 radical (unpaired) electrons. The lowest BCUT2D eigenvalue weighted by molar-refractivity contribution is 0.102. The van der Waals surface area contributed by atoms with E-state index in [2.05, 4.69) is 22.1 Å². The predicted molar refractivity (Wildman–Crippen MR) is 101 cm³/mol. The van der Waals surface area contributed by atoms with E-state index in [9.17, 15) is 4.79 Å². The highest BCUT2D eigenvalue weighted by Gasteiger charge is 2.14. The molecule has 0 aliphatic carbocycles. The molecule has 0 atom stereocenters. The zero-order valence-electron chi connectivity index (χ0n) is 12.8. The molecule has 0 saturated heterocycles. The van der Waals surface area contributed by atoms with Crippen LogP contribution in [-0.2, 0) is 0 Å². The molecule has 0 saturated carbocycles. The van der Waals surface area contributed by atoms with E-state index in [0.717, 1.165) is 21.2 Å². The first kappa shape index (κ1) is 16.4. The van der Waals surface area contributed by atoms with E-state index in [1.54, 1.807) is 17.8 Å². The van der Waals surface area contributed by atoms with E-state index < -0.39 is 0 Å². The van der Waals surface area contributed by atoms with Crippen LogP contribution in [0, 0.1) is 0 Å². The zero-order valence-corrected chi connectivity index (χ0v) is 14.4. The van der Waals surface area contributed by atoms with Crippen molar-refractivity contribution in [1.82, 2.24) is 10.2 Å².